The fourth-order valence-corrected chi connectivity index (χ4v) is 3.56. The van der Waals surface area contributed by atoms with Crippen LogP contribution in [0.1, 0.15) is 25.5 Å². The Kier molecular flexibility index (Phi) is 5.15. The van der Waals surface area contributed by atoms with Crippen molar-refractivity contribution in [2.45, 2.75) is 19.9 Å². The highest BCUT2D eigenvalue weighted by atomic mass is 32.2. The minimum Gasteiger partial charge on any atom is -0.481 e. The SMILES string of the molecule is C#CCOc1ccc(C2C(C(=O)OCC)=C(C)N=C3SC=CN32)cc1. The Morgan fingerprint density at radius 2 is 2.16 bits per heavy atom. The average molecular weight is 354 g/mol. The van der Waals surface area contributed by atoms with Gasteiger partial charge in [0.15, 0.2) is 5.17 Å². The number of esters is 1. The van der Waals surface area contributed by atoms with Crippen molar-refractivity contribution < 1.29 is 14.3 Å². The Labute approximate surface area is 151 Å². The van der Waals surface area contributed by atoms with E-state index in [4.69, 9.17) is 15.9 Å². The molecule has 1 unspecified atom stereocenters. The number of carbonyl (C=O) groups is 1. The maximum Gasteiger partial charge on any atom is 0.338 e. The quantitative estimate of drug-likeness (QED) is 0.599. The number of amidine groups is 1. The Hall–Kier alpha value is -2.65. The summed E-state index contributed by atoms with van der Waals surface area (Å²) in [6, 6.07) is 7.29. The molecule has 2 aliphatic heterocycles. The molecule has 2 heterocycles. The molecule has 3 rings (SSSR count). The fraction of sp³-hybridized carbons (Fsp3) is 0.263. The number of hydrogen-bond acceptors (Lipinski definition) is 6. The number of thioether (sulfide) groups is 1. The molecule has 0 saturated heterocycles. The molecule has 1 aromatic carbocycles. The van der Waals surface area contributed by atoms with E-state index in [1.165, 1.54) is 11.8 Å². The topological polar surface area (TPSA) is 51.1 Å². The van der Waals surface area contributed by atoms with Crippen molar-refractivity contribution in [3.8, 4) is 18.1 Å². The lowest BCUT2D eigenvalue weighted by Crippen LogP contribution is -2.34. The van der Waals surface area contributed by atoms with Crippen molar-refractivity contribution in [2.24, 2.45) is 4.99 Å². The van der Waals surface area contributed by atoms with Gasteiger partial charge >= 0.3 is 5.97 Å². The second-order valence-corrected chi connectivity index (χ2v) is 6.26. The van der Waals surface area contributed by atoms with Crippen molar-refractivity contribution in [1.29, 1.82) is 0 Å². The number of ether oxygens (including phenoxy) is 2. The van der Waals surface area contributed by atoms with Gasteiger partial charge in [0.1, 0.15) is 12.4 Å². The first-order valence-corrected chi connectivity index (χ1v) is 8.78. The molecular weight excluding hydrogens is 336 g/mol. The Balaban J connectivity index is 1.98. The van der Waals surface area contributed by atoms with Crippen molar-refractivity contribution >= 4 is 22.9 Å². The molecule has 0 saturated carbocycles. The Morgan fingerprint density at radius 1 is 1.40 bits per heavy atom. The van der Waals surface area contributed by atoms with Crippen LogP contribution in [0.25, 0.3) is 0 Å². The number of fused-ring (bicyclic) bond motifs is 1. The van der Waals surface area contributed by atoms with Gasteiger partial charge in [-0.2, -0.15) is 0 Å². The molecule has 0 spiro atoms. The molecule has 0 aromatic heterocycles. The predicted octanol–water partition coefficient (Wildman–Crippen LogP) is 3.47. The maximum atomic E-state index is 12.5. The minimum atomic E-state index is -0.342. The van der Waals surface area contributed by atoms with E-state index in [0.29, 0.717) is 23.6 Å². The summed E-state index contributed by atoms with van der Waals surface area (Å²) in [6.45, 7) is 4.18. The minimum absolute atomic E-state index is 0.220. The molecule has 128 valence electrons. The predicted molar refractivity (Wildman–Crippen MR) is 98.8 cm³/mol. The van der Waals surface area contributed by atoms with Gasteiger partial charge in [-0.1, -0.05) is 29.8 Å². The third kappa shape index (κ3) is 3.42. The van der Waals surface area contributed by atoms with E-state index in [1.807, 2.05) is 47.7 Å². The largest absolute Gasteiger partial charge is 0.481 e. The summed E-state index contributed by atoms with van der Waals surface area (Å²) in [7, 11) is 0. The lowest BCUT2D eigenvalue weighted by Gasteiger charge is -2.33. The molecule has 0 fully saturated rings. The van der Waals surface area contributed by atoms with Gasteiger partial charge < -0.3 is 14.4 Å². The lowest BCUT2D eigenvalue weighted by atomic mass is 9.95. The van der Waals surface area contributed by atoms with Crippen LogP contribution >= 0.6 is 11.8 Å². The summed E-state index contributed by atoms with van der Waals surface area (Å²) in [4.78, 5) is 19.1. The number of rotatable bonds is 5. The number of carbonyl (C=O) groups excluding carboxylic acids is 1. The highest BCUT2D eigenvalue weighted by Crippen LogP contribution is 2.41. The monoisotopic (exact) mass is 354 g/mol. The van der Waals surface area contributed by atoms with E-state index in [-0.39, 0.29) is 18.6 Å². The van der Waals surface area contributed by atoms with E-state index in [2.05, 4.69) is 10.9 Å². The molecule has 0 aliphatic carbocycles. The van der Waals surface area contributed by atoms with Gasteiger partial charge in [0.25, 0.3) is 0 Å². The maximum absolute atomic E-state index is 12.5. The number of aliphatic imine (C=N–C) groups is 1. The van der Waals surface area contributed by atoms with Crippen LogP contribution in [0.5, 0.6) is 5.75 Å². The van der Waals surface area contributed by atoms with Gasteiger partial charge in [-0.3, -0.25) is 0 Å². The van der Waals surface area contributed by atoms with Crippen LogP contribution in [0.4, 0.5) is 0 Å². The number of benzene rings is 1. The Morgan fingerprint density at radius 3 is 2.84 bits per heavy atom. The van der Waals surface area contributed by atoms with Crippen LogP contribution in [0.3, 0.4) is 0 Å². The zero-order valence-corrected chi connectivity index (χ0v) is 14.9. The average Bonchev–Trinajstić information content (AvgIpc) is 3.07. The first-order valence-electron chi connectivity index (χ1n) is 7.90. The highest BCUT2D eigenvalue weighted by Gasteiger charge is 2.37. The first-order chi connectivity index (χ1) is 12.2. The Bertz CT molecular complexity index is 803. The third-order valence-corrected chi connectivity index (χ3v) is 4.60. The van der Waals surface area contributed by atoms with E-state index in [1.54, 1.807) is 6.92 Å². The normalized spacial score (nSPS) is 18.5. The van der Waals surface area contributed by atoms with E-state index < -0.39 is 0 Å². The van der Waals surface area contributed by atoms with Crippen LogP contribution in [0, 0.1) is 12.3 Å². The number of nitrogens with zero attached hydrogens (tertiary/aromatic N) is 2. The summed E-state index contributed by atoms with van der Waals surface area (Å²) in [5, 5.41) is 2.81. The smallest absolute Gasteiger partial charge is 0.338 e. The summed E-state index contributed by atoms with van der Waals surface area (Å²) in [6.07, 6.45) is 7.15. The third-order valence-electron chi connectivity index (χ3n) is 3.83. The van der Waals surface area contributed by atoms with Crippen molar-refractivity contribution in [3.63, 3.8) is 0 Å². The molecular formula is C19H18N2O3S. The first kappa shape index (κ1) is 17.2. The molecule has 1 aromatic rings. The van der Waals surface area contributed by atoms with Crippen LogP contribution < -0.4 is 4.74 Å². The molecule has 1 atom stereocenters. The lowest BCUT2D eigenvalue weighted by molar-refractivity contribution is -0.139. The molecule has 0 bridgehead atoms. The van der Waals surface area contributed by atoms with Gasteiger partial charge in [0.05, 0.1) is 23.9 Å². The van der Waals surface area contributed by atoms with Gasteiger partial charge in [-0.15, -0.1) is 6.42 Å². The number of allylic oxidation sites excluding steroid dienone is 1. The molecule has 0 amide bonds. The summed E-state index contributed by atoms with van der Waals surface area (Å²) in [5.41, 5.74) is 2.18. The molecule has 2 aliphatic rings. The van der Waals surface area contributed by atoms with E-state index in [0.717, 1.165) is 10.7 Å². The second-order valence-electron chi connectivity index (χ2n) is 5.39. The van der Waals surface area contributed by atoms with E-state index >= 15 is 0 Å². The van der Waals surface area contributed by atoms with Crippen LogP contribution in [-0.4, -0.2) is 29.3 Å². The highest BCUT2D eigenvalue weighted by molar-refractivity contribution is 8.16. The van der Waals surface area contributed by atoms with Gasteiger partial charge in [0, 0.05) is 6.20 Å². The molecule has 5 nitrogen and oxygen atoms in total. The van der Waals surface area contributed by atoms with Crippen molar-refractivity contribution in [2.75, 3.05) is 13.2 Å². The molecule has 25 heavy (non-hydrogen) atoms. The number of terminal acetylenes is 1. The fourth-order valence-electron chi connectivity index (χ4n) is 2.77. The zero-order valence-electron chi connectivity index (χ0n) is 14.1. The van der Waals surface area contributed by atoms with Gasteiger partial charge in [0.2, 0.25) is 0 Å². The van der Waals surface area contributed by atoms with Crippen molar-refractivity contribution in [1.82, 2.24) is 4.90 Å². The summed E-state index contributed by atoms with van der Waals surface area (Å²) >= 11 is 1.53. The van der Waals surface area contributed by atoms with Crippen molar-refractivity contribution in [3.05, 3.63) is 52.7 Å². The number of hydrogen-bond donors (Lipinski definition) is 0. The standard InChI is InChI=1S/C19H18N2O3S/c1-4-11-24-15-8-6-14(7-9-15)17-16(18(22)23-5-2)13(3)20-19-21(17)10-12-25-19/h1,6-10,12,17H,5,11H2,2-3H3. The van der Waals surface area contributed by atoms with Gasteiger partial charge in [-0.25, -0.2) is 9.79 Å². The van der Waals surface area contributed by atoms with E-state index in [9.17, 15) is 4.79 Å². The molecule has 0 N–H and O–H groups in total. The molecule has 0 radical (unpaired) electrons. The molecule has 6 heteroatoms. The summed E-state index contributed by atoms with van der Waals surface area (Å²) in [5.74, 6) is 2.79. The second kappa shape index (κ2) is 7.49. The summed E-state index contributed by atoms with van der Waals surface area (Å²) < 4.78 is 10.7. The van der Waals surface area contributed by atoms with Crippen LogP contribution in [-0.2, 0) is 9.53 Å². The van der Waals surface area contributed by atoms with Gasteiger partial charge in [-0.05, 0) is 37.0 Å². The zero-order chi connectivity index (χ0) is 17.8. The van der Waals surface area contributed by atoms with Crippen LogP contribution in [0.15, 0.2) is 52.1 Å². The van der Waals surface area contributed by atoms with Crippen LogP contribution in [0.2, 0.25) is 0 Å².